The summed E-state index contributed by atoms with van der Waals surface area (Å²) in [4.78, 5) is 16.6. The Morgan fingerprint density at radius 1 is 0.750 bits per heavy atom. The number of methoxy groups -OCH3 is 1. The van der Waals surface area contributed by atoms with E-state index in [4.69, 9.17) is 4.74 Å². The summed E-state index contributed by atoms with van der Waals surface area (Å²) in [5.74, 6) is 0.719. The number of phenols is 2. The van der Waals surface area contributed by atoms with Gasteiger partial charge in [0, 0.05) is 17.2 Å². The van der Waals surface area contributed by atoms with E-state index in [1.807, 2.05) is 100 Å². The number of amides is 1. The van der Waals surface area contributed by atoms with Crippen LogP contribution in [0.15, 0.2) is 72.8 Å². The topological polar surface area (TPSA) is 70.0 Å². The normalized spacial score (nSPS) is 16.8. The zero-order valence-electron chi connectivity index (χ0n) is 21.1. The molecule has 1 amide bonds. The van der Waals surface area contributed by atoms with E-state index in [9.17, 15) is 15.0 Å². The Balaban J connectivity index is 1.92. The summed E-state index contributed by atoms with van der Waals surface area (Å²) in [5, 5.41) is 22.1. The minimum Gasteiger partial charge on any atom is -0.507 e. The number of rotatable bonds is 4. The van der Waals surface area contributed by atoms with Crippen LogP contribution in [0.4, 0.5) is 11.4 Å². The van der Waals surface area contributed by atoms with Crippen molar-refractivity contribution in [2.75, 3.05) is 12.0 Å². The van der Waals surface area contributed by atoms with E-state index in [2.05, 4.69) is 0 Å². The SMILES string of the molecule is COc1cccc(N2C(=O)C(c3cc(C)c(O)c(C)c3)(c3ccc(C)c(C)c3O)c3ccccc32)c1. The first kappa shape index (κ1) is 23.5. The molecule has 0 saturated carbocycles. The number of para-hydroxylation sites is 1. The quantitative estimate of drug-likeness (QED) is 0.358. The van der Waals surface area contributed by atoms with Gasteiger partial charge in [0.2, 0.25) is 0 Å². The molecular weight excluding hydrogens is 450 g/mol. The van der Waals surface area contributed by atoms with Crippen molar-refractivity contribution in [3.05, 3.63) is 112 Å². The second-order valence-corrected chi connectivity index (χ2v) is 9.47. The average molecular weight is 480 g/mol. The lowest BCUT2D eigenvalue weighted by molar-refractivity contribution is -0.120. The molecule has 5 nitrogen and oxygen atoms in total. The molecule has 1 heterocycles. The number of carbonyl (C=O) groups excluding carboxylic acids is 1. The van der Waals surface area contributed by atoms with E-state index in [1.165, 1.54) is 0 Å². The van der Waals surface area contributed by atoms with Crippen molar-refractivity contribution >= 4 is 17.3 Å². The molecule has 5 rings (SSSR count). The molecule has 1 aliphatic heterocycles. The molecule has 1 aliphatic rings. The lowest BCUT2D eigenvalue weighted by Gasteiger charge is -2.32. The van der Waals surface area contributed by atoms with Gasteiger partial charge in [-0.05, 0) is 73.7 Å². The molecule has 0 aliphatic carbocycles. The van der Waals surface area contributed by atoms with Gasteiger partial charge in [-0.1, -0.05) is 48.5 Å². The molecule has 2 N–H and O–H groups in total. The molecule has 0 spiro atoms. The van der Waals surface area contributed by atoms with Crippen LogP contribution < -0.4 is 9.64 Å². The maximum atomic E-state index is 14.9. The minimum absolute atomic E-state index is 0.0917. The van der Waals surface area contributed by atoms with Crippen molar-refractivity contribution in [3.63, 3.8) is 0 Å². The van der Waals surface area contributed by atoms with Crippen LogP contribution in [0.3, 0.4) is 0 Å². The predicted octanol–water partition coefficient (Wildman–Crippen LogP) is 6.35. The number of aromatic hydroxyl groups is 2. The van der Waals surface area contributed by atoms with Crippen LogP contribution in [0, 0.1) is 27.7 Å². The van der Waals surface area contributed by atoms with Crippen LogP contribution >= 0.6 is 0 Å². The summed E-state index contributed by atoms with van der Waals surface area (Å²) in [7, 11) is 1.60. The first-order chi connectivity index (χ1) is 17.2. The molecule has 182 valence electrons. The summed E-state index contributed by atoms with van der Waals surface area (Å²) >= 11 is 0. The Kier molecular flexibility index (Phi) is 5.51. The molecule has 1 atom stereocenters. The highest BCUT2D eigenvalue weighted by Crippen LogP contribution is 2.55. The number of nitrogens with zero attached hydrogens (tertiary/aromatic N) is 1. The van der Waals surface area contributed by atoms with E-state index < -0.39 is 5.41 Å². The number of fused-ring (bicyclic) bond motifs is 1. The zero-order valence-corrected chi connectivity index (χ0v) is 21.1. The summed E-state index contributed by atoms with van der Waals surface area (Å²) in [6.45, 7) is 7.45. The molecule has 36 heavy (non-hydrogen) atoms. The van der Waals surface area contributed by atoms with Crippen LogP contribution in [0.25, 0.3) is 0 Å². The Bertz CT molecular complexity index is 1500. The number of benzene rings is 4. The molecule has 0 fully saturated rings. The van der Waals surface area contributed by atoms with Crippen molar-refractivity contribution in [3.8, 4) is 17.2 Å². The summed E-state index contributed by atoms with van der Waals surface area (Å²) in [5.41, 5.74) is 5.04. The number of phenolic OH excluding ortho intramolecular Hbond substituents is 2. The van der Waals surface area contributed by atoms with E-state index in [0.29, 0.717) is 33.7 Å². The second kappa shape index (κ2) is 8.45. The first-order valence-corrected chi connectivity index (χ1v) is 11.9. The highest BCUT2D eigenvalue weighted by molar-refractivity contribution is 6.17. The fourth-order valence-corrected chi connectivity index (χ4v) is 5.35. The Labute approximate surface area is 211 Å². The van der Waals surface area contributed by atoms with E-state index in [0.717, 1.165) is 22.4 Å². The summed E-state index contributed by atoms with van der Waals surface area (Å²) in [6.07, 6.45) is 0. The summed E-state index contributed by atoms with van der Waals surface area (Å²) in [6, 6.07) is 22.6. The van der Waals surface area contributed by atoms with Crippen molar-refractivity contribution in [2.24, 2.45) is 0 Å². The van der Waals surface area contributed by atoms with Gasteiger partial charge in [-0.2, -0.15) is 0 Å². The van der Waals surface area contributed by atoms with Crippen LogP contribution in [-0.2, 0) is 10.2 Å². The van der Waals surface area contributed by atoms with Gasteiger partial charge in [0.15, 0.2) is 0 Å². The van der Waals surface area contributed by atoms with Gasteiger partial charge < -0.3 is 14.9 Å². The molecule has 4 aromatic carbocycles. The Morgan fingerprint density at radius 3 is 2.14 bits per heavy atom. The molecule has 1 unspecified atom stereocenters. The van der Waals surface area contributed by atoms with Gasteiger partial charge in [-0.3, -0.25) is 9.69 Å². The highest BCUT2D eigenvalue weighted by Gasteiger charge is 2.55. The standard InChI is InChI=1S/C31H29NO4/c1-18-13-14-26(29(34)21(18)4)31(22-15-19(2)28(33)20(3)16-22)25-11-6-7-12-27(25)32(30(31)35)23-9-8-10-24(17-23)36-5/h6-17,33-34H,1-5H3. The number of carbonyl (C=O) groups is 1. The highest BCUT2D eigenvalue weighted by atomic mass is 16.5. The van der Waals surface area contributed by atoms with Crippen molar-refractivity contribution in [1.29, 1.82) is 0 Å². The largest absolute Gasteiger partial charge is 0.507 e. The fourth-order valence-electron chi connectivity index (χ4n) is 5.35. The van der Waals surface area contributed by atoms with Crippen LogP contribution in [-0.4, -0.2) is 23.2 Å². The summed E-state index contributed by atoms with van der Waals surface area (Å²) < 4.78 is 5.45. The maximum Gasteiger partial charge on any atom is 0.251 e. The number of hydrogen-bond donors (Lipinski definition) is 2. The van der Waals surface area contributed by atoms with Crippen LogP contribution in [0.5, 0.6) is 17.2 Å². The van der Waals surface area contributed by atoms with E-state index in [1.54, 1.807) is 12.0 Å². The number of ether oxygens (including phenoxy) is 1. The van der Waals surface area contributed by atoms with E-state index >= 15 is 0 Å². The monoisotopic (exact) mass is 479 g/mol. The first-order valence-electron chi connectivity index (χ1n) is 11.9. The second-order valence-electron chi connectivity index (χ2n) is 9.47. The van der Waals surface area contributed by atoms with E-state index in [-0.39, 0.29) is 17.4 Å². The van der Waals surface area contributed by atoms with Crippen molar-refractivity contribution < 1.29 is 19.7 Å². The molecule has 0 aromatic heterocycles. The number of hydrogen-bond acceptors (Lipinski definition) is 4. The smallest absolute Gasteiger partial charge is 0.251 e. The number of anilines is 2. The molecular formula is C31H29NO4. The molecule has 4 aromatic rings. The minimum atomic E-state index is -1.33. The van der Waals surface area contributed by atoms with Gasteiger partial charge >= 0.3 is 0 Å². The Morgan fingerprint density at radius 2 is 1.44 bits per heavy atom. The van der Waals surface area contributed by atoms with Crippen LogP contribution in [0.2, 0.25) is 0 Å². The van der Waals surface area contributed by atoms with Crippen molar-refractivity contribution in [2.45, 2.75) is 33.1 Å². The van der Waals surface area contributed by atoms with Crippen molar-refractivity contribution in [1.82, 2.24) is 0 Å². The Hall–Kier alpha value is -4.25. The van der Waals surface area contributed by atoms with Gasteiger partial charge in [0.25, 0.3) is 5.91 Å². The molecule has 0 bridgehead atoms. The maximum absolute atomic E-state index is 14.9. The van der Waals surface area contributed by atoms with Gasteiger partial charge in [-0.25, -0.2) is 0 Å². The predicted molar refractivity (Wildman–Crippen MR) is 142 cm³/mol. The number of aryl methyl sites for hydroxylation is 3. The molecule has 5 heteroatoms. The average Bonchev–Trinajstić information content (AvgIpc) is 3.14. The fraction of sp³-hybridized carbons (Fsp3) is 0.194. The third-order valence-corrected chi connectivity index (χ3v) is 7.41. The third-order valence-electron chi connectivity index (χ3n) is 7.41. The van der Waals surface area contributed by atoms with Gasteiger partial charge in [0.1, 0.15) is 22.7 Å². The third kappa shape index (κ3) is 3.19. The lowest BCUT2D eigenvalue weighted by atomic mass is 9.68. The van der Waals surface area contributed by atoms with Crippen LogP contribution in [0.1, 0.15) is 38.9 Å². The zero-order chi connectivity index (χ0) is 25.8. The lowest BCUT2D eigenvalue weighted by Crippen LogP contribution is -2.40. The molecule has 0 saturated heterocycles. The van der Waals surface area contributed by atoms with Gasteiger partial charge in [-0.15, -0.1) is 0 Å². The van der Waals surface area contributed by atoms with Gasteiger partial charge in [0.05, 0.1) is 18.5 Å². The molecule has 0 radical (unpaired) electrons.